The molecular formula is C19H13ClO2. The molecule has 0 bridgehead atoms. The summed E-state index contributed by atoms with van der Waals surface area (Å²) < 4.78 is 5.18. The lowest BCUT2D eigenvalue weighted by atomic mass is 9.92. The predicted molar refractivity (Wildman–Crippen MR) is 91.1 cm³/mol. The second-order valence-electron chi connectivity index (χ2n) is 5.31. The van der Waals surface area contributed by atoms with Crippen LogP contribution < -0.4 is 0 Å². The van der Waals surface area contributed by atoms with E-state index >= 15 is 0 Å². The summed E-state index contributed by atoms with van der Waals surface area (Å²) in [6.45, 7) is 2.12. The van der Waals surface area contributed by atoms with Crippen LogP contribution in [-0.2, 0) is 4.74 Å². The van der Waals surface area contributed by atoms with Gasteiger partial charge in [0.2, 0.25) is 0 Å². The van der Waals surface area contributed by atoms with Gasteiger partial charge in [-0.05, 0) is 45.3 Å². The molecule has 0 aliphatic carbocycles. The number of carbonyl (C=O) groups excluding carboxylic acids is 1. The summed E-state index contributed by atoms with van der Waals surface area (Å²) >= 11 is 6.35. The first-order valence-corrected chi connectivity index (χ1v) is 7.61. The van der Waals surface area contributed by atoms with Crippen LogP contribution in [0.4, 0.5) is 0 Å². The van der Waals surface area contributed by atoms with Gasteiger partial charge in [0, 0.05) is 0 Å². The van der Waals surface area contributed by atoms with Gasteiger partial charge in [-0.3, -0.25) is 0 Å². The van der Waals surface area contributed by atoms with E-state index in [1.165, 1.54) is 5.39 Å². The Balaban J connectivity index is 2.22. The van der Waals surface area contributed by atoms with Crippen molar-refractivity contribution in [1.82, 2.24) is 0 Å². The highest BCUT2D eigenvalue weighted by Gasteiger charge is 2.19. The molecule has 0 saturated heterocycles. The fourth-order valence-electron chi connectivity index (χ4n) is 3.19. The van der Waals surface area contributed by atoms with Crippen LogP contribution in [0.5, 0.6) is 0 Å². The molecule has 4 rings (SSSR count). The topological polar surface area (TPSA) is 26.3 Å². The Morgan fingerprint density at radius 2 is 1.68 bits per heavy atom. The van der Waals surface area contributed by atoms with Gasteiger partial charge in [-0.1, -0.05) is 54.1 Å². The number of carbonyl (C=O) groups is 1. The van der Waals surface area contributed by atoms with E-state index in [9.17, 15) is 4.79 Å². The average molecular weight is 309 g/mol. The molecule has 4 aromatic rings. The van der Waals surface area contributed by atoms with Gasteiger partial charge in [-0.25, -0.2) is 4.79 Å². The van der Waals surface area contributed by atoms with E-state index in [1.54, 1.807) is 6.92 Å². The average Bonchev–Trinajstić information content (AvgIpc) is 2.52. The minimum absolute atomic E-state index is 0.330. The van der Waals surface area contributed by atoms with Crippen molar-refractivity contribution < 1.29 is 9.53 Å². The number of hydrogen-bond donors (Lipinski definition) is 0. The van der Waals surface area contributed by atoms with Gasteiger partial charge in [0.15, 0.2) is 0 Å². The quantitative estimate of drug-likeness (QED) is 0.365. The molecule has 22 heavy (non-hydrogen) atoms. The van der Waals surface area contributed by atoms with Crippen molar-refractivity contribution in [2.24, 2.45) is 0 Å². The Kier molecular flexibility index (Phi) is 2.95. The third-order valence-corrected chi connectivity index (χ3v) is 4.38. The van der Waals surface area contributed by atoms with E-state index < -0.39 is 0 Å². The summed E-state index contributed by atoms with van der Waals surface area (Å²) in [5, 5.41) is 6.88. The van der Waals surface area contributed by atoms with Gasteiger partial charge in [-0.2, -0.15) is 0 Å². The van der Waals surface area contributed by atoms with E-state index in [-0.39, 0.29) is 5.97 Å². The van der Waals surface area contributed by atoms with Gasteiger partial charge in [0.05, 0.1) is 17.2 Å². The molecule has 4 aromatic carbocycles. The molecule has 3 heteroatoms. The molecule has 2 nitrogen and oxygen atoms in total. The Morgan fingerprint density at radius 3 is 2.41 bits per heavy atom. The van der Waals surface area contributed by atoms with Gasteiger partial charge < -0.3 is 4.74 Å². The van der Waals surface area contributed by atoms with Gasteiger partial charge in [0.1, 0.15) is 0 Å². The Bertz CT molecular complexity index is 1000. The van der Waals surface area contributed by atoms with Crippen LogP contribution in [0.1, 0.15) is 17.3 Å². The second-order valence-corrected chi connectivity index (χ2v) is 5.72. The minimum atomic E-state index is -0.370. The smallest absolute Gasteiger partial charge is 0.340 e. The van der Waals surface area contributed by atoms with Crippen LogP contribution >= 0.6 is 11.6 Å². The molecule has 0 heterocycles. The van der Waals surface area contributed by atoms with E-state index in [0.717, 1.165) is 26.9 Å². The lowest BCUT2D eigenvalue weighted by Gasteiger charge is -2.14. The molecule has 0 saturated carbocycles. The zero-order chi connectivity index (χ0) is 15.3. The van der Waals surface area contributed by atoms with Crippen molar-refractivity contribution in [3.63, 3.8) is 0 Å². The number of halogens is 1. The maximum Gasteiger partial charge on any atom is 0.340 e. The van der Waals surface area contributed by atoms with Crippen molar-refractivity contribution >= 4 is 49.9 Å². The first-order valence-electron chi connectivity index (χ1n) is 7.24. The zero-order valence-electron chi connectivity index (χ0n) is 12.0. The molecule has 0 fully saturated rings. The van der Waals surface area contributed by atoms with Crippen LogP contribution in [-0.4, -0.2) is 12.6 Å². The lowest BCUT2D eigenvalue weighted by Crippen LogP contribution is -2.06. The number of hydrogen-bond acceptors (Lipinski definition) is 2. The molecule has 0 unspecified atom stereocenters. The predicted octanol–water partition coefficient (Wildman–Crippen LogP) is 5.41. The number of benzene rings is 4. The molecule has 0 atom stereocenters. The van der Waals surface area contributed by atoms with Crippen LogP contribution in [0.25, 0.3) is 32.3 Å². The number of ether oxygens (including phenoxy) is 1. The fraction of sp³-hybridized carbons (Fsp3) is 0.105. The summed E-state index contributed by atoms with van der Waals surface area (Å²) in [5.74, 6) is -0.370. The normalized spacial score (nSPS) is 11.5. The summed E-state index contributed by atoms with van der Waals surface area (Å²) in [7, 11) is 0. The Labute approximate surface area is 132 Å². The third kappa shape index (κ3) is 1.77. The molecule has 0 N–H and O–H groups in total. The highest BCUT2D eigenvalue weighted by Crippen LogP contribution is 2.38. The number of rotatable bonds is 2. The van der Waals surface area contributed by atoms with Crippen molar-refractivity contribution in [3.05, 3.63) is 59.1 Å². The fourth-order valence-corrected chi connectivity index (χ4v) is 3.48. The standard InChI is InChI=1S/C19H13ClO2/c1-2-22-19(21)18-14-9-8-12-5-3-4-11-6-7-13(10-15(18)20)17(14)16(11)12/h3-10H,2H2,1H3. The summed E-state index contributed by atoms with van der Waals surface area (Å²) in [6, 6.07) is 16.2. The van der Waals surface area contributed by atoms with Crippen molar-refractivity contribution in [2.45, 2.75) is 6.92 Å². The van der Waals surface area contributed by atoms with Crippen LogP contribution in [0, 0.1) is 0 Å². The highest BCUT2D eigenvalue weighted by molar-refractivity contribution is 6.38. The maximum absolute atomic E-state index is 12.3. The van der Waals surface area contributed by atoms with E-state index in [2.05, 4.69) is 18.2 Å². The first kappa shape index (κ1) is 13.4. The summed E-state index contributed by atoms with van der Waals surface area (Å²) in [5.41, 5.74) is 0.453. The second kappa shape index (κ2) is 4.85. The third-order valence-electron chi connectivity index (χ3n) is 4.08. The molecule has 0 amide bonds. The van der Waals surface area contributed by atoms with Crippen molar-refractivity contribution in [1.29, 1.82) is 0 Å². The van der Waals surface area contributed by atoms with Gasteiger partial charge >= 0.3 is 5.97 Å². The van der Waals surface area contributed by atoms with Crippen LogP contribution in [0.15, 0.2) is 48.5 Å². The first-order chi connectivity index (χ1) is 10.7. The van der Waals surface area contributed by atoms with Crippen LogP contribution in [0.2, 0.25) is 5.02 Å². The maximum atomic E-state index is 12.3. The summed E-state index contributed by atoms with van der Waals surface area (Å²) in [6.07, 6.45) is 0. The molecule has 0 spiro atoms. The zero-order valence-corrected chi connectivity index (χ0v) is 12.8. The van der Waals surface area contributed by atoms with Gasteiger partial charge in [0.25, 0.3) is 0 Å². The van der Waals surface area contributed by atoms with E-state index in [0.29, 0.717) is 17.2 Å². The molecular weight excluding hydrogens is 296 g/mol. The molecule has 0 aliphatic rings. The molecule has 108 valence electrons. The summed E-state index contributed by atoms with van der Waals surface area (Å²) in [4.78, 5) is 12.3. The van der Waals surface area contributed by atoms with E-state index in [1.807, 2.05) is 30.3 Å². The molecule has 0 radical (unpaired) electrons. The van der Waals surface area contributed by atoms with E-state index in [4.69, 9.17) is 16.3 Å². The monoisotopic (exact) mass is 308 g/mol. The highest BCUT2D eigenvalue weighted by atomic mass is 35.5. The lowest BCUT2D eigenvalue weighted by molar-refractivity contribution is 0.0529. The van der Waals surface area contributed by atoms with Crippen molar-refractivity contribution in [2.75, 3.05) is 6.61 Å². The largest absolute Gasteiger partial charge is 0.462 e. The minimum Gasteiger partial charge on any atom is -0.462 e. The van der Waals surface area contributed by atoms with Gasteiger partial charge in [-0.15, -0.1) is 0 Å². The van der Waals surface area contributed by atoms with Crippen molar-refractivity contribution in [3.8, 4) is 0 Å². The number of esters is 1. The Hall–Kier alpha value is -2.32. The molecule has 0 aliphatic heterocycles. The Morgan fingerprint density at radius 1 is 1.00 bits per heavy atom. The molecule has 0 aromatic heterocycles. The SMILES string of the molecule is CCOC(=O)c1c(Cl)cc2ccc3cccc4ccc1c2c34. The van der Waals surface area contributed by atoms with Crippen LogP contribution in [0.3, 0.4) is 0 Å².